The summed E-state index contributed by atoms with van der Waals surface area (Å²) in [6.07, 6.45) is 2.73. The lowest BCUT2D eigenvalue weighted by Gasteiger charge is -2.31. The van der Waals surface area contributed by atoms with Gasteiger partial charge in [-0.15, -0.1) is 11.3 Å². The van der Waals surface area contributed by atoms with Crippen molar-refractivity contribution in [3.63, 3.8) is 0 Å². The number of hydrogen-bond acceptors (Lipinski definition) is 3. The molecule has 1 atom stereocenters. The van der Waals surface area contributed by atoms with Crippen molar-refractivity contribution >= 4 is 39.1 Å². The number of fused-ring (bicyclic) bond motifs is 1. The molecule has 0 aliphatic carbocycles. The molecule has 0 saturated carbocycles. The molecular weight excluding hydrogens is 443 g/mol. The van der Waals surface area contributed by atoms with Gasteiger partial charge in [0.15, 0.2) is 0 Å². The zero-order valence-electron chi connectivity index (χ0n) is 15.8. The minimum atomic E-state index is -0.521. The fourth-order valence-electron chi connectivity index (χ4n) is 3.44. The van der Waals surface area contributed by atoms with Gasteiger partial charge in [-0.25, -0.2) is 4.39 Å². The third-order valence-corrected chi connectivity index (χ3v) is 6.48. The van der Waals surface area contributed by atoms with Crippen LogP contribution in [0.3, 0.4) is 0 Å². The van der Waals surface area contributed by atoms with Crippen LogP contribution in [0.1, 0.15) is 42.2 Å². The highest BCUT2D eigenvalue weighted by Crippen LogP contribution is 2.24. The third kappa shape index (κ3) is 5.20. The van der Waals surface area contributed by atoms with E-state index in [2.05, 4.69) is 32.7 Å². The Morgan fingerprint density at radius 1 is 1.36 bits per heavy atom. The Morgan fingerprint density at radius 3 is 2.93 bits per heavy atom. The summed E-state index contributed by atoms with van der Waals surface area (Å²) in [6.45, 7) is 3.29. The largest absolute Gasteiger partial charge is 0.344 e. The van der Waals surface area contributed by atoms with Gasteiger partial charge in [0.25, 0.3) is 0 Å². The van der Waals surface area contributed by atoms with Crippen LogP contribution in [0.5, 0.6) is 0 Å². The van der Waals surface area contributed by atoms with E-state index in [9.17, 15) is 14.0 Å². The van der Waals surface area contributed by atoms with E-state index in [4.69, 9.17) is 0 Å². The third-order valence-electron chi connectivity index (χ3n) is 4.97. The van der Waals surface area contributed by atoms with Crippen LogP contribution in [0, 0.1) is 5.82 Å². The smallest absolute Gasteiger partial charge is 0.245 e. The minimum absolute atomic E-state index is 0.0260. The zero-order valence-corrected chi connectivity index (χ0v) is 18.2. The summed E-state index contributed by atoms with van der Waals surface area (Å²) in [5.41, 5.74) is 1.70. The summed E-state index contributed by atoms with van der Waals surface area (Å²) in [5.74, 6) is -0.576. The normalized spacial score (nSPS) is 14.5. The first-order chi connectivity index (χ1) is 13.5. The lowest BCUT2D eigenvalue weighted by Crippen LogP contribution is -2.49. The summed E-state index contributed by atoms with van der Waals surface area (Å²) in [7, 11) is 0. The molecule has 2 heterocycles. The van der Waals surface area contributed by atoms with Gasteiger partial charge >= 0.3 is 0 Å². The Bertz CT molecular complexity index is 855. The summed E-state index contributed by atoms with van der Waals surface area (Å²) >= 11 is 4.96. The van der Waals surface area contributed by atoms with Crippen LogP contribution < -0.4 is 5.32 Å². The number of aryl methyl sites for hydroxylation is 1. The fourth-order valence-corrected chi connectivity index (χ4v) is 4.66. The van der Waals surface area contributed by atoms with E-state index in [1.807, 2.05) is 11.8 Å². The lowest BCUT2D eigenvalue weighted by molar-refractivity contribution is -0.137. The minimum Gasteiger partial charge on any atom is -0.344 e. The van der Waals surface area contributed by atoms with E-state index in [0.29, 0.717) is 36.0 Å². The number of halogens is 2. The summed E-state index contributed by atoms with van der Waals surface area (Å²) in [4.78, 5) is 28.6. The number of amides is 2. The molecule has 0 fully saturated rings. The average molecular weight is 467 g/mol. The Hall–Kier alpha value is -1.73. The van der Waals surface area contributed by atoms with Crippen molar-refractivity contribution < 1.29 is 14.0 Å². The molecule has 2 amide bonds. The van der Waals surface area contributed by atoms with E-state index in [-0.39, 0.29) is 24.1 Å². The number of carbonyl (C=O) groups excluding carboxylic acids is 2. The first-order valence-corrected chi connectivity index (χ1v) is 11.2. The standard InChI is InChI=1S/C21H24BrFN2O2S/c1-2-3-18(21(27)25-10-8-19-15(13-25)9-11-28-19)24-20(26)7-5-14-4-6-16(22)12-17(14)23/h4,6,9,11-12,18H,2-3,5,7-8,10,13H2,1H3,(H,24,26). The highest BCUT2D eigenvalue weighted by atomic mass is 79.9. The van der Waals surface area contributed by atoms with Gasteiger partial charge in [0.2, 0.25) is 11.8 Å². The quantitative estimate of drug-likeness (QED) is 0.654. The SMILES string of the molecule is CCCC(NC(=O)CCc1ccc(Br)cc1F)C(=O)N1CCc2sccc2C1. The highest BCUT2D eigenvalue weighted by Gasteiger charge is 2.28. The maximum Gasteiger partial charge on any atom is 0.245 e. The van der Waals surface area contributed by atoms with Crippen LogP contribution >= 0.6 is 27.3 Å². The number of nitrogens with one attached hydrogen (secondary N) is 1. The number of nitrogens with zero attached hydrogens (tertiary/aromatic N) is 1. The first kappa shape index (κ1) is 21.0. The van der Waals surface area contributed by atoms with Crippen molar-refractivity contribution in [2.75, 3.05) is 6.54 Å². The number of benzene rings is 1. The molecule has 2 aromatic rings. The van der Waals surface area contributed by atoms with E-state index in [1.165, 1.54) is 16.5 Å². The lowest BCUT2D eigenvalue weighted by atomic mass is 10.1. The molecule has 1 aliphatic heterocycles. The maximum absolute atomic E-state index is 13.9. The van der Waals surface area contributed by atoms with Gasteiger partial charge < -0.3 is 10.2 Å². The van der Waals surface area contributed by atoms with E-state index in [0.717, 1.165) is 12.8 Å². The Morgan fingerprint density at radius 2 is 2.18 bits per heavy atom. The molecule has 0 radical (unpaired) electrons. The Labute approximate surface area is 177 Å². The molecule has 3 rings (SSSR count). The van der Waals surface area contributed by atoms with Gasteiger partial charge in [-0.2, -0.15) is 0 Å². The monoisotopic (exact) mass is 466 g/mol. The molecule has 1 aliphatic rings. The molecule has 7 heteroatoms. The molecule has 150 valence electrons. The van der Waals surface area contributed by atoms with Crippen LogP contribution in [-0.2, 0) is 29.0 Å². The van der Waals surface area contributed by atoms with Gasteiger partial charge in [0, 0.05) is 28.9 Å². The average Bonchev–Trinajstić information content (AvgIpc) is 3.14. The van der Waals surface area contributed by atoms with Crippen molar-refractivity contribution in [1.29, 1.82) is 0 Å². The van der Waals surface area contributed by atoms with Crippen molar-refractivity contribution in [3.8, 4) is 0 Å². The first-order valence-electron chi connectivity index (χ1n) is 9.55. The second kappa shape index (κ2) is 9.65. The molecule has 28 heavy (non-hydrogen) atoms. The van der Waals surface area contributed by atoms with Crippen molar-refractivity contribution in [1.82, 2.24) is 10.2 Å². The van der Waals surface area contributed by atoms with E-state index >= 15 is 0 Å². The van der Waals surface area contributed by atoms with Crippen LogP contribution in [0.15, 0.2) is 34.1 Å². The molecule has 1 aromatic carbocycles. The van der Waals surface area contributed by atoms with Crippen molar-refractivity contribution in [2.24, 2.45) is 0 Å². The molecule has 1 N–H and O–H groups in total. The molecule has 0 bridgehead atoms. The predicted molar refractivity (Wildman–Crippen MR) is 113 cm³/mol. The molecular formula is C21H24BrFN2O2S. The molecule has 0 saturated heterocycles. The van der Waals surface area contributed by atoms with Crippen LogP contribution in [0.2, 0.25) is 0 Å². The summed E-state index contributed by atoms with van der Waals surface area (Å²) < 4.78 is 14.6. The van der Waals surface area contributed by atoms with Gasteiger partial charge in [-0.05, 0) is 54.0 Å². The highest BCUT2D eigenvalue weighted by molar-refractivity contribution is 9.10. The van der Waals surface area contributed by atoms with Crippen molar-refractivity contribution in [2.45, 2.75) is 51.6 Å². The Kier molecular flexibility index (Phi) is 7.24. The second-order valence-electron chi connectivity index (χ2n) is 7.02. The molecule has 1 aromatic heterocycles. The molecule has 0 spiro atoms. The Balaban J connectivity index is 1.57. The molecule has 4 nitrogen and oxygen atoms in total. The maximum atomic E-state index is 13.9. The second-order valence-corrected chi connectivity index (χ2v) is 8.94. The topological polar surface area (TPSA) is 49.4 Å². The van der Waals surface area contributed by atoms with Gasteiger partial charge in [0.1, 0.15) is 11.9 Å². The molecule has 1 unspecified atom stereocenters. The van der Waals surface area contributed by atoms with Gasteiger partial charge in [-0.1, -0.05) is 35.3 Å². The van der Waals surface area contributed by atoms with Gasteiger partial charge in [0.05, 0.1) is 0 Å². The van der Waals surface area contributed by atoms with E-state index < -0.39 is 6.04 Å². The fraction of sp³-hybridized carbons (Fsp3) is 0.429. The van der Waals surface area contributed by atoms with E-state index in [1.54, 1.807) is 23.5 Å². The van der Waals surface area contributed by atoms with Crippen LogP contribution in [0.4, 0.5) is 4.39 Å². The number of hydrogen-bond donors (Lipinski definition) is 1. The van der Waals surface area contributed by atoms with Crippen LogP contribution in [-0.4, -0.2) is 29.3 Å². The van der Waals surface area contributed by atoms with Crippen molar-refractivity contribution in [3.05, 3.63) is 55.9 Å². The van der Waals surface area contributed by atoms with Gasteiger partial charge in [-0.3, -0.25) is 9.59 Å². The summed E-state index contributed by atoms with van der Waals surface area (Å²) in [5, 5.41) is 4.94. The number of carbonyl (C=O) groups is 2. The summed E-state index contributed by atoms with van der Waals surface area (Å²) in [6, 6.07) is 6.38. The number of thiophene rings is 1. The number of rotatable bonds is 7. The predicted octanol–water partition coefficient (Wildman–Crippen LogP) is 4.45. The zero-order chi connectivity index (χ0) is 20.1. The van der Waals surface area contributed by atoms with Crippen LogP contribution in [0.25, 0.3) is 0 Å².